The van der Waals surface area contributed by atoms with Crippen LogP contribution in [0.3, 0.4) is 0 Å². The van der Waals surface area contributed by atoms with Gasteiger partial charge in [0, 0.05) is 31.8 Å². The number of hydrogen-bond donors (Lipinski definition) is 3. The van der Waals surface area contributed by atoms with Crippen molar-refractivity contribution in [3.05, 3.63) is 0 Å². The molecular weight excluding hydrogens is 300 g/mol. The number of likely N-dealkylation sites (tertiary alicyclic amines) is 1. The Morgan fingerprint density at radius 3 is 2.57 bits per heavy atom. The third-order valence-corrected chi connectivity index (χ3v) is 3.97. The Kier molecular flexibility index (Phi) is 7.67. The summed E-state index contributed by atoms with van der Waals surface area (Å²) < 4.78 is 0. The summed E-state index contributed by atoms with van der Waals surface area (Å²) in [6, 6.07) is -0.347. The topological polar surface area (TPSA) is 122 Å². The lowest BCUT2D eigenvalue weighted by atomic mass is 10.1. The van der Waals surface area contributed by atoms with Crippen molar-refractivity contribution in [1.82, 2.24) is 15.5 Å². The van der Waals surface area contributed by atoms with Crippen molar-refractivity contribution in [1.29, 1.82) is 0 Å². The van der Waals surface area contributed by atoms with Gasteiger partial charge in [0.1, 0.15) is 0 Å². The number of amides is 4. The van der Waals surface area contributed by atoms with Crippen LogP contribution in [-0.4, -0.2) is 54.7 Å². The minimum Gasteiger partial charge on any atom is -0.368 e. The van der Waals surface area contributed by atoms with Gasteiger partial charge < -0.3 is 16.4 Å². The second kappa shape index (κ2) is 9.24. The average Bonchev–Trinajstić information content (AvgIpc) is 2.73. The zero-order valence-electron chi connectivity index (χ0n) is 13.8. The maximum Gasteiger partial charge on any atom is 0.234 e. The third-order valence-electron chi connectivity index (χ3n) is 3.97. The number of carbonyl (C=O) groups excluding carboxylic acids is 4. The standard InChI is InChI=1S/C15H26N4O4/c1-10-9-13(21)19(15(10)23)8-6-12(20)18-7-4-3-5-11(17-2)14(16)22/h10-11,17H,3-9H2,1-2H3,(H2,16,22)(H,18,20). The Morgan fingerprint density at radius 2 is 2.04 bits per heavy atom. The monoisotopic (exact) mass is 326 g/mol. The SMILES string of the molecule is CNC(CCCCNC(=O)CCN1C(=O)CC(C)C1=O)C(N)=O. The summed E-state index contributed by atoms with van der Waals surface area (Å²) in [6.45, 7) is 2.34. The Bertz CT molecular complexity index is 466. The molecule has 1 aliphatic heterocycles. The Hall–Kier alpha value is -1.96. The first kappa shape index (κ1) is 19.1. The van der Waals surface area contributed by atoms with Crippen LogP contribution in [0.1, 0.15) is 39.0 Å². The van der Waals surface area contributed by atoms with Gasteiger partial charge in [-0.15, -0.1) is 0 Å². The summed E-state index contributed by atoms with van der Waals surface area (Å²) in [7, 11) is 1.68. The van der Waals surface area contributed by atoms with E-state index < -0.39 is 0 Å². The van der Waals surface area contributed by atoms with E-state index in [-0.39, 0.29) is 55.0 Å². The summed E-state index contributed by atoms with van der Waals surface area (Å²) >= 11 is 0. The zero-order chi connectivity index (χ0) is 17.4. The molecule has 1 saturated heterocycles. The van der Waals surface area contributed by atoms with Gasteiger partial charge in [0.15, 0.2) is 0 Å². The lowest BCUT2D eigenvalue weighted by Gasteiger charge is -2.14. The van der Waals surface area contributed by atoms with Crippen molar-refractivity contribution < 1.29 is 19.2 Å². The van der Waals surface area contributed by atoms with E-state index in [0.717, 1.165) is 17.7 Å². The smallest absolute Gasteiger partial charge is 0.234 e. The summed E-state index contributed by atoms with van der Waals surface area (Å²) in [5.41, 5.74) is 5.21. The highest BCUT2D eigenvalue weighted by molar-refractivity contribution is 6.03. The van der Waals surface area contributed by atoms with E-state index >= 15 is 0 Å². The van der Waals surface area contributed by atoms with Gasteiger partial charge in [-0.25, -0.2) is 0 Å². The van der Waals surface area contributed by atoms with Crippen LogP contribution in [0, 0.1) is 5.92 Å². The minimum absolute atomic E-state index is 0.116. The number of nitrogens with two attached hydrogens (primary N) is 1. The fourth-order valence-electron chi connectivity index (χ4n) is 2.52. The molecule has 4 N–H and O–H groups in total. The summed E-state index contributed by atoms with van der Waals surface area (Å²) in [4.78, 5) is 47.2. The molecule has 4 amide bonds. The predicted octanol–water partition coefficient (Wildman–Crippen LogP) is -0.869. The second-order valence-corrected chi connectivity index (χ2v) is 5.83. The lowest BCUT2D eigenvalue weighted by Crippen LogP contribution is -2.39. The van der Waals surface area contributed by atoms with E-state index in [0.29, 0.717) is 13.0 Å². The molecule has 8 nitrogen and oxygen atoms in total. The maximum atomic E-state index is 11.7. The van der Waals surface area contributed by atoms with Gasteiger partial charge in [-0.05, 0) is 26.3 Å². The number of imide groups is 1. The van der Waals surface area contributed by atoms with Crippen LogP contribution in [0.4, 0.5) is 0 Å². The predicted molar refractivity (Wildman–Crippen MR) is 84.0 cm³/mol. The normalized spacial score (nSPS) is 19.0. The summed E-state index contributed by atoms with van der Waals surface area (Å²) in [5.74, 6) is -1.26. The first-order chi connectivity index (χ1) is 10.9. The van der Waals surface area contributed by atoms with Gasteiger partial charge >= 0.3 is 0 Å². The summed E-state index contributed by atoms with van der Waals surface area (Å²) in [6.07, 6.45) is 2.46. The van der Waals surface area contributed by atoms with E-state index in [1.165, 1.54) is 0 Å². The van der Waals surface area contributed by atoms with Gasteiger partial charge in [-0.1, -0.05) is 6.92 Å². The van der Waals surface area contributed by atoms with Crippen LogP contribution in [0.15, 0.2) is 0 Å². The van der Waals surface area contributed by atoms with E-state index in [4.69, 9.17) is 5.73 Å². The van der Waals surface area contributed by atoms with Crippen LogP contribution in [0.5, 0.6) is 0 Å². The van der Waals surface area contributed by atoms with Gasteiger partial charge in [0.05, 0.1) is 6.04 Å². The molecule has 0 aliphatic carbocycles. The van der Waals surface area contributed by atoms with Crippen molar-refractivity contribution in [3.8, 4) is 0 Å². The second-order valence-electron chi connectivity index (χ2n) is 5.83. The molecule has 2 atom stereocenters. The van der Waals surface area contributed by atoms with Crippen molar-refractivity contribution in [2.45, 2.75) is 45.1 Å². The van der Waals surface area contributed by atoms with Gasteiger partial charge in [-0.2, -0.15) is 0 Å². The molecule has 0 aromatic heterocycles. The Labute approximate surface area is 136 Å². The van der Waals surface area contributed by atoms with Crippen LogP contribution < -0.4 is 16.4 Å². The molecular formula is C15H26N4O4. The van der Waals surface area contributed by atoms with Crippen LogP contribution in [0.25, 0.3) is 0 Å². The third kappa shape index (κ3) is 5.97. The van der Waals surface area contributed by atoms with Crippen molar-refractivity contribution in [3.63, 3.8) is 0 Å². The number of nitrogens with one attached hydrogen (secondary N) is 2. The quantitative estimate of drug-likeness (QED) is 0.356. The summed E-state index contributed by atoms with van der Waals surface area (Å²) in [5, 5.41) is 5.58. The van der Waals surface area contributed by atoms with Gasteiger partial charge in [0.2, 0.25) is 23.6 Å². The average molecular weight is 326 g/mol. The number of primary amides is 1. The van der Waals surface area contributed by atoms with Crippen molar-refractivity contribution in [2.75, 3.05) is 20.1 Å². The molecule has 0 spiro atoms. The molecule has 1 fully saturated rings. The molecule has 0 aromatic rings. The molecule has 1 rings (SSSR count). The molecule has 0 saturated carbocycles. The van der Waals surface area contributed by atoms with E-state index in [2.05, 4.69) is 10.6 Å². The molecule has 130 valence electrons. The molecule has 0 radical (unpaired) electrons. The molecule has 1 aliphatic rings. The zero-order valence-corrected chi connectivity index (χ0v) is 13.8. The van der Waals surface area contributed by atoms with Crippen LogP contribution >= 0.6 is 0 Å². The number of carbonyl (C=O) groups is 4. The maximum absolute atomic E-state index is 11.7. The highest BCUT2D eigenvalue weighted by Crippen LogP contribution is 2.18. The number of rotatable bonds is 10. The molecule has 8 heteroatoms. The lowest BCUT2D eigenvalue weighted by molar-refractivity contribution is -0.139. The minimum atomic E-state index is -0.384. The highest BCUT2D eigenvalue weighted by atomic mass is 16.2. The van der Waals surface area contributed by atoms with Crippen molar-refractivity contribution >= 4 is 23.6 Å². The Balaban J connectivity index is 2.14. The fraction of sp³-hybridized carbons (Fsp3) is 0.733. The number of unbranched alkanes of at least 4 members (excludes halogenated alkanes) is 1. The van der Waals surface area contributed by atoms with Crippen LogP contribution in [-0.2, 0) is 19.2 Å². The van der Waals surface area contributed by atoms with Gasteiger partial charge in [-0.3, -0.25) is 24.1 Å². The van der Waals surface area contributed by atoms with E-state index in [9.17, 15) is 19.2 Å². The molecule has 2 unspecified atom stereocenters. The van der Waals surface area contributed by atoms with E-state index in [1.54, 1.807) is 14.0 Å². The molecule has 0 bridgehead atoms. The van der Waals surface area contributed by atoms with Crippen molar-refractivity contribution in [2.24, 2.45) is 11.7 Å². The van der Waals surface area contributed by atoms with E-state index in [1.807, 2.05) is 0 Å². The van der Waals surface area contributed by atoms with Gasteiger partial charge in [0.25, 0.3) is 0 Å². The fourth-order valence-corrected chi connectivity index (χ4v) is 2.52. The first-order valence-corrected chi connectivity index (χ1v) is 7.94. The first-order valence-electron chi connectivity index (χ1n) is 7.94. The largest absolute Gasteiger partial charge is 0.368 e. The number of nitrogens with zero attached hydrogens (tertiary/aromatic N) is 1. The molecule has 1 heterocycles. The highest BCUT2D eigenvalue weighted by Gasteiger charge is 2.35. The van der Waals surface area contributed by atoms with Crippen LogP contribution in [0.2, 0.25) is 0 Å². The molecule has 0 aromatic carbocycles. The Morgan fingerprint density at radius 1 is 1.35 bits per heavy atom. The number of hydrogen-bond acceptors (Lipinski definition) is 5. The molecule has 23 heavy (non-hydrogen) atoms. The number of likely N-dealkylation sites (N-methyl/N-ethyl adjacent to an activating group) is 1.